The van der Waals surface area contributed by atoms with Crippen molar-refractivity contribution < 1.29 is 14.2 Å². The van der Waals surface area contributed by atoms with Gasteiger partial charge in [0, 0.05) is 6.54 Å². The molecule has 0 heterocycles. The number of ether oxygens (including phenoxy) is 1. The number of rotatable bonds is 6. The maximum absolute atomic E-state index is 13.1. The lowest BCUT2D eigenvalue weighted by Crippen LogP contribution is -2.16. The van der Waals surface area contributed by atoms with E-state index in [2.05, 4.69) is 5.32 Å². The summed E-state index contributed by atoms with van der Waals surface area (Å²) in [5, 5.41) is 12.4. The van der Waals surface area contributed by atoms with Crippen molar-refractivity contribution in [3.63, 3.8) is 0 Å². The van der Waals surface area contributed by atoms with Crippen LogP contribution in [-0.2, 0) is 13.0 Å². The van der Waals surface area contributed by atoms with Gasteiger partial charge in [-0.05, 0) is 48.4 Å². The van der Waals surface area contributed by atoms with Gasteiger partial charge >= 0.3 is 0 Å². The molecule has 0 saturated heterocycles. The van der Waals surface area contributed by atoms with Crippen molar-refractivity contribution in [1.82, 2.24) is 5.32 Å². The molecule has 0 aliphatic carbocycles. The Hall–Kier alpha value is -2.07. The third kappa shape index (κ3) is 3.96. The number of phenols is 1. The zero-order valence-corrected chi connectivity index (χ0v) is 11.4. The lowest BCUT2D eigenvalue weighted by molar-refractivity contribution is 0.414. The topological polar surface area (TPSA) is 41.5 Å². The molecule has 0 bridgehead atoms. The van der Waals surface area contributed by atoms with E-state index in [9.17, 15) is 4.39 Å². The molecule has 0 atom stereocenters. The Morgan fingerprint density at radius 1 is 1.15 bits per heavy atom. The Kier molecular flexibility index (Phi) is 4.96. The molecule has 0 saturated carbocycles. The molecule has 4 heteroatoms. The molecule has 106 valence electrons. The summed E-state index contributed by atoms with van der Waals surface area (Å²) >= 11 is 0. The summed E-state index contributed by atoms with van der Waals surface area (Å²) in [6.45, 7) is 1.36. The van der Waals surface area contributed by atoms with Gasteiger partial charge in [0.25, 0.3) is 0 Å². The minimum absolute atomic E-state index is 0.315. The molecule has 0 unspecified atom stereocenters. The van der Waals surface area contributed by atoms with Crippen molar-refractivity contribution >= 4 is 0 Å². The van der Waals surface area contributed by atoms with Crippen LogP contribution >= 0.6 is 0 Å². The van der Waals surface area contributed by atoms with Gasteiger partial charge in [-0.3, -0.25) is 0 Å². The lowest BCUT2D eigenvalue weighted by atomic mass is 10.1. The van der Waals surface area contributed by atoms with Crippen LogP contribution in [0.1, 0.15) is 11.1 Å². The van der Waals surface area contributed by atoms with Crippen LogP contribution in [0.4, 0.5) is 4.39 Å². The minimum atomic E-state index is -0.586. The van der Waals surface area contributed by atoms with Gasteiger partial charge in [-0.25, -0.2) is 4.39 Å². The molecule has 2 aromatic rings. The van der Waals surface area contributed by atoms with Crippen molar-refractivity contribution in [2.45, 2.75) is 13.0 Å². The van der Waals surface area contributed by atoms with E-state index in [1.54, 1.807) is 13.2 Å². The minimum Gasteiger partial charge on any atom is -0.505 e. The highest BCUT2D eigenvalue weighted by Crippen LogP contribution is 2.16. The molecule has 0 aromatic heterocycles. The Bertz CT molecular complexity index is 572. The lowest BCUT2D eigenvalue weighted by Gasteiger charge is -2.07. The molecule has 0 radical (unpaired) electrons. The summed E-state index contributed by atoms with van der Waals surface area (Å²) < 4.78 is 18.3. The van der Waals surface area contributed by atoms with Gasteiger partial charge in [0.15, 0.2) is 11.6 Å². The molecular formula is C16H18FNO2. The summed E-state index contributed by atoms with van der Waals surface area (Å²) in [6, 6.07) is 12.3. The fraction of sp³-hybridized carbons (Fsp3) is 0.250. The van der Waals surface area contributed by atoms with Crippen LogP contribution in [0.2, 0.25) is 0 Å². The van der Waals surface area contributed by atoms with Crippen LogP contribution < -0.4 is 10.1 Å². The zero-order chi connectivity index (χ0) is 14.4. The Morgan fingerprint density at radius 3 is 2.75 bits per heavy atom. The number of methoxy groups -OCH3 is 1. The monoisotopic (exact) mass is 275 g/mol. The largest absolute Gasteiger partial charge is 0.505 e. The van der Waals surface area contributed by atoms with Gasteiger partial charge in [-0.15, -0.1) is 0 Å². The Labute approximate surface area is 118 Å². The van der Waals surface area contributed by atoms with E-state index in [0.717, 1.165) is 24.3 Å². The van der Waals surface area contributed by atoms with Crippen LogP contribution in [-0.4, -0.2) is 18.8 Å². The van der Waals surface area contributed by atoms with Crippen molar-refractivity contribution in [3.05, 3.63) is 59.4 Å². The predicted octanol–water partition coefficient (Wildman–Crippen LogP) is 2.87. The third-order valence-electron chi connectivity index (χ3n) is 3.07. The van der Waals surface area contributed by atoms with E-state index in [1.807, 2.05) is 24.3 Å². The first-order valence-electron chi connectivity index (χ1n) is 6.50. The molecule has 2 rings (SSSR count). The number of hydrogen-bond donors (Lipinski definition) is 2. The molecule has 0 amide bonds. The van der Waals surface area contributed by atoms with E-state index < -0.39 is 5.82 Å². The average molecular weight is 275 g/mol. The quantitative estimate of drug-likeness (QED) is 0.797. The summed E-state index contributed by atoms with van der Waals surface area (Å²) in [5.74, 6) is -0.0506. The summed E-state index contributed by atoms with van der Waals surface area (Å²) in [7, 11) is 1.65. The standard InChI is InChI=1S/C16H18FNO2/c1-20-14-4-2-3-12(9-14)7-8-18-11-13-5-6-16(19)15(17)10-13/h2-6,9-10,18-19H,7-8,11H2,1H3. The van der Waals surface area contributed by atoms with E-state index in [1.165, 1.54) is 17.7 Å². The van der Waals surface area contributed by atoms with Crippen LogP contribution in [0.5, 0.6) is 11.5 Å². The van der Waals surface area contributed by atoms with Crippen LogP contribution in [0.3, 0.4) is 0 Å². The first kappa shape index (κ1) is 14.3. The summed E-state index contributed by atoms with van der Waals surface area (Å²) in [6.07, 6.45) is 0.873. The van der Waals surface area contributed by atoms with Gasteiger partial charge in [0.1, 0.15) is 5.75 Å². The molecular weight excluding hydrogens is 257 g/mol. The first-order chi connectivity index (χ1) is 9.69. The van der Waals surface area contributed by atoms with Crippen molar-refractivity contribution in [3.8, 4) is 11.5 Å². The molecule has 0 fully saturated rings. The Balaban J connectivity index is 1.79. The fourth-order valence-electron chi connectivity index (χ4n) is 1.95. The van der Waals surface area contributed by atoms with Crippen molar-refractivity contribution in [2.75, 3.05) is 13.7 Å². The number of benzene rings is 2. The molecule has 20 heavy (non-hydrogen) atoms. The molecule has 0 spiro atoms. The molecule has 0 aliphatic rings. The smallest absolute Gasteiger partial charge is 0.165 e. The van der Waals surface area contributed by atoms with Gasteiger partial charge in [0.2, 0.25) is 0 Å². The zero-order valence-electron chi connectivity index (χ0n) is 11.4. The maximum Gasteiger partial charge on any atom is 0.165 e. The molecule has 2 aromatic carbocycles. The summed E-state index contributed by atoms with van der Waals surface area (Å²) in [5.41, 5.74) is 2.00. The summed E-state index contributed by atoms with van der Waals surface area (Å²) in [4.78, 5) is 0. The fourth-order valence-corrected chi connectivity index (χ4v) is 1.95. The van der Waals surface area contributed by atoms with Crippen molar-refractivity contribution in [2.24, 2.45) is 0 Å². The molecule has 2 N–H and O–H groups in total. The number of halogens is 1. The second-order valence-corrected chi connectivity index (χ2v) is 4.56. The molecule has 0 aliphatic heterocycles. The van der Waals surface area contributed by atoms with E-state index in [0.29, 0.717) is 6.54 Å². The second kappa shape index (κ2) is 6.91. The van der Waals surface area contributed by atoms with Gasteiger partial charge in [0.05, 0.1) is 7.11 Å². The highest BCUT2D eigenvalue weighted by molar-refractivity contribution is 5.29. The number of nitrogens with one attached hydrogen (secondary N) is 1. The third-order valence-corrected chi connectivity index (χ3v) is 3.07. The Morgan fingerprint density at radius 2 is 2.00 bits per heavy atom. The van der Waals surface area contributed by atoms with E-state index >= 15 is 0 Å². The number of phenolic OH excluding ortho intramolecular Hbond substituents is 1. The SMILES string of the molecule is COc1cccc(CCNCc2ccc(O)c(F)c2)c1. The number of hydrogen-bond acceptors (Lipinski definition) is 3. The maximum atomic E-state index is 13.1. The first-order valence-corrected chi connectivity index (χ1v) is 6.50. The highest BCUT2D eigenvalue weighted by atomic mass is 19.1. The average Bonchev–Trinajstić information content (AvgIpc) is 2.47. The van der Waals surface area contributed by atoms with Crippen LogP contribution in [0.15, 0.2) is 42.5 Å². The van der Waals surface area contributed by atoms with Gasteiger partial charge < -0.3 is 15.2 Å². The van der Waals surface area contributed by atoms with E-state index in [4.69, 9.17) is 9.84 Å². The molecule has 3 nitrogen and oxygen atoms in total. The highest BCUT2D eigenvalue weighted by Gasteiger charge is 2.01. The van der Waals surface area contributed by atoms with Crippen LogP contribution in [0.25, 0.3) is 0 Å². The van der Waals surface area contributed by atoms with Crippen molar-refractivity contribution in [1.29, 1.82) is 0 Å². The normalized spacial score (nSPS) is 10.5. The number of aromatic hydroxyl groups is 1. The second-order valence-electron chi connectivity index (χ2n) is 4.56. The van der Waals surface area contributed by atoms with Gasteiger partial charge in [-0.1, -0.05) is 18.2 Å². The van der Waals surface area contributed by atoms with Gasteiger partial charge in [-0.2, -0.15) is 0 Å². The predicted molar refractivity (Wildman–Crippen MR) is 76.5 cm³/mol. The van der Waals surface area contributed by atoms with E-state index in [-0.39, 0.29) is 5.75 Å². The van der Waals surface area contributed by atoms with Crippen LogP contribution in [0, 0.1) is 5.82 Å².